The van der Waals surface area contributed by atoms with Gasteiger partial charge >= 0.3 is 0 Å². The van der Waals surface area contributed by atoms with Crippen molar-refractivity contribution < 1.29 is 38.0 Å². The van der Waals surface area contributed by atoms with Gasteiger partial charge in [-0.3, -0.25) is 9.59 Å². The first-order valence-corrected chi connectivity index (χ1v) is 14.0. The van der Waals surface area contributed by atoms with Crippen LogP contribution in [0, 0.1) is 13.8 Å². The molecule has 0 N–H and O–H groups in total. The first-order chi connectivity index (χ1) is 21.2. The van der Waals surface area contributed by atoms with Crippen LogP contribution in [-0.2, 0) is 0 Å². The predicted molar refractivity (Wildman–Crippen MR) is 166 cm³/mol. The molecule has 4 aromatic carbocycles. The largest absolute Gasteiger partial charge is 0.497 e. The molecule has 0 fully saturated rings. The molecule has 8 heteroatoms. The van der Waals surface area contributed by atoms with Crippen molar-refractivity contribution >= 4 is 22.7 Å². The van der Waals surface area contributed by atoms with Crippen molar-refractivity contribution in [2.45, 2.75) is 13.8 Å². The molecule has 4 aromatic rings. The molecule has 224 valence electrons. The topological polar surface area (TPSA) is 89.5 Å². The molecule has 0 aliphatic heterocycles. The number of aryl methyl sites for hydroxylation is 2. The van der Waals surface area contributed by atoms with E-state index in [9.17, 15) is 9.59 Å². The van der Waals surface area contributed by atoms with Gasteiger partial charge in [-0.25, -0.2) is 0 Å². The van der Waals surface area contributed by atoms with Crippen molar-refractivity contribution in [1.29, 1.82) is 0 Å². The van der Waals surface area contributed by atoms with Crippen LogP contribution in [0.3, 0.4) is 0 Å². The summed E-state index contributed by atoms with van der Waals surface area (Å²) in [7, 11) is 9.25. The Hall–Kier alpha value is -5.24. The first-order valence-electron chi connectivity index (χ1n) is 14.0. The van der Waals surface area contributed by atoms with E-state index in [1.54, 1.807) is 40.6 Å². The van der Waals surface area contributed by atoms with E-state index in [0.717, 1.165) is 11.1 Å². The van der Waals surface area contributed by atoms with E-state index in [1.807, 2.05) is 50.2 Å². The average molecular weight is 593 g/mol. The lowest BCUT2D eigenvalue weighted by molar-refractivity contribution is 0.102. The van der Waals surface area contributed by atoms with Crippen LogP contribution in [0.2, 0.25) is 0 Å². The number of carbonyl (C=O) groups is 2. The fraction of sp³-hybridized carbons (Fsp3) is 0.222. The monoisotopic (exact) mass is 592 g/mol. The van der Waals surface area contributed by atoms with Crippen LogP contribution in [0.1, 0.15) is 65.2 Å². The predicted octanol–water partition coefficient (Wildman–Crippen LogP) is 6.45. The van der Waals surface area contributed by atoms with E-state index in [0.29, 0.717) is 90.2 Å². The lowest BCUT2D eigenvalue weighted by Gasteiger charge is -2.32. The number of ketones is 2. The number of rotatable bonds is 6. The van der Waals surface area contributed by atoms with Gasteiger partial charge in [0.2, 0.25) is 11.6 Å². The standard InChI is InChI=1S/C36H32O8/c1-17-9-21-29(23-13-19(39-3)15-27(43-7)33(23)35(37)31(21)25(11-17)41-5)30-22-10-18(2)12-26(42-6)32(22)36(38)34-24(30)14-20(40-4)16-28(34)44-8/h9-16H,1-8H3/b30-29-. The van der Waals surface area contributed by atoms with Gasteiger partial charge in [0, 0.05) is 23.3 Å². The van der Waals surface area contributed by atoms with Crippen molar-refractivity contribution in [2.75, 3.05) is 42.7 Å². The number of hydrogen-bond acceptors (Lipinski definition) is 8. The van der Waals surface area contributed by atoms with Crippen molar-refractivity contribution in [3.8, 4) is 34.5 Å². The Balaban J connectivity index is 1.94. The van der Waals surface area contributed by atoms with Gasteiger partial charge in [0.05, 0.1) is 64.9 Å². The van der Waals surface area contributed by atoms with Crippen LogP contribution in [0.4, 0.5) is 0 Å². The van der Waals surface area contributed by atoms with Crippen molar-refractivity contribution in [2.24, 2.45) is 0 Å². The number of ether oxygens (including phenoxy) is 6. The van der Waals surface area contributed by atoms with Gasteiger partial charge in [-0.1, -0.05) is 12.1 Å². The molecule has 0 radical (unpaired) electrons. The van der Waals surface area contributed by atoms with Gasteiger partial charge in [-0.05, 0) is 71.5 Å². The van der Waals surface area contributed by atoms with Crippen molar-refractivity contribution in [3.63, 3.8) is 0 Å². The summed E-state index contributed by atoms with van der Waals surface area (Å²) >= 11 is 0. The molecule has 2 aliphatic rings. The fourth-order valence-corrected chi connectivity index (χ4v) is 6.37. The summed E-state index contributed by atoms with van der Waals surface area (Å²) in [6.45, 7) is 3.89. The van der Waals surface area contributed by atoms with Crippen LogP contribution in [0.5, 0.6) is 34.5 Å². The highest BCUT2D eigenvalue weighted by Gasteiger charge is 2.40. The van der Waals surface area contributed by atoms with Crippen molar-refractivity contribution in [1.82, 2.24) is 0 Å². The second-order valence-electron chi connectivity index (χ2n) is 10.7. The maximum atomic E-state index is 14.4. The molecule has 0 saturated carbocycles. The molecule has 0 spiro atoms. The summed E-state index contributed by atoms with van der Waals surface area (Å²) in [6.07, 6.45) is 0. The summed E-state index contributed by atoms with van der Waals surface area (Å²) in [5.41, 5.74) is 7.18. The van der Waals surface area contributed by atoms with Crippen LogP contribution >= 0.6 is 0 Å². The van der Waals surface area contributed by atoms with E-state index in [2.05, 4.69) is 0 Å². The minimum atomic E-state index is -0.243. The molecular weight excluding hydrogens is 560 g/mol. The highest BCUT2D eigenvalue weighted by molar-refractivity contribution is 6.29. The van der Waals surface area contributed by atoms with Gasteiger partial charge in [0.15, 0.2) is 0 Å². The molecular formula is C36H32O8. The highest BCUT2D eigenvalue weighted by atomic mass is 16.5. The molecule has 0 unspecified atom stereocenters. The minimum Gasteiger partial charge on any atom is -0.497 e. The Morgan fingerprint density at radius 2 is 0.682 bits per heavy atom. The summed E-state index contributed by atoms with van der Waals surface area (Å²) in [6, 6.07) is 14.6. The van der Waals surface area contributed by atoms with Crippen LogP contribution in [0.15, 0.2) is 48.5 Å². The summed E-state index contributed by atoms with van der Waals surface area (Å²) in [4.78, 5) is 28.7. The SMILES string of the molecule is COc1cc(OC)c2c(c1)/C(=C1/c3cc(C)cc(OC)c3C(=O)c3c(OC)cc(OC)cc31)c1cc(C)cc(OC)c1C2=O. The zero-order valence-electron chi connectivity index (χ0n) is 25.9. The smallest absolute Gasteiger partial charge is 0.201 e. The maximum absolute atomic E-state index is 14.4. The molecule has 0 heterocycles. The van der Waals surface area contributed by atoms with E-state index < -0.39 is 0 Å². The Bertz CT molecular complexity index is 1790. The van der Waals surface area contributed by atoms with Crippen molar-refractivity contribution in [3.05, 3.63) is 104 Å². The van der Waals surface area contributed by atoms with E-state index >= 15 is 0 Å². The van der Waals surface area contributed by atoms with E-state index in [1.165, 1.54) is 14.2 Å². The second kappa shape index (κ2) is 10.8. The third-order valence-electron chi connectivity index (χ3n) is 8.23. The highest BCUT2D eigenvalue weighted by Crippen LogP contribution is 2.53. The molecule has 6 rings (SSSR count). The Labute approximate surface area is 255 Å². The molecule has 0 atom stereocenters. The Kier molecular flexibility index (Phi) is 7.08. The third kappa shape index (κ3) is 4.12. The van der Waals surface area contributed by atoms with E-state index in [-0.39, 0.29) is 11.6 Å². The van der Waals surface area contributed by atoms with Gasteiger partial charge in [-0.2, -0.15) is 0 Å². The number of hydrogen-bond donors (Lipinski definition) is 0. The number of methoxy groups -OCH3 is 6. The van der Waals surface area contributed by atoms with Gasteiger partial charge in [-0.15, -0.1) is 0 Å². The molecule has 44 heavy (non-hydrogen) atoms. The molecule has 0 saturated heterocycles. The average Bonchev–Trinajstić information content (AvgIpc) is 3.03. The lowest BCUT2D eigenvalue weighted by atomic mass is 9.71. The van der Waals surface area contributed by atoms with Crippen LogP contribution in [0.25, 0.3) is 11.1 Å². The Morgan fingerprint density at radius 3 is 0.977 bits per heavy atom. The van der Waals surface area contributed by atoms with Crippen LogP contribution in [-0.4, -0.2) is 54.2 Å². The number of carbonyl (C=O) groups excluding carboxylic acids is 2. The minimum absolute atomic E-state index is 0.243. The third-order valence-corrected chi connectivity index (χ3v) is 8.23. The zero-order chi connectivity index (χ0) is 31.4. The normalized spacial score (nSPS) is 14.6. The summed E-state index contributed by atoms with van der Waals surface area (Å²) in [5.74, 6) is 2.11. The molecule has 2 aliphatic carbocycles. The van der Waals surface area contributed by atoms with Crippen LogP contribution < -0.4 is 28.4 Å². The zero-order valence-corrected chi connectivity index (χ0v) is 25.9. The first kappa shape index (κ1) is 28.9. The van der Waals surface area contributed by atoms with E-state index in [4.69, 9.17) is 28.4 Å². The Morgan fingerprint density at radius 1 is 0.386 bits per heavy atom. The second-order valence-corrected chi connectivity index (χ2v) is 10.7. The molecule has 0 bridgehead atoms. The number of benzene rings is 4. The number of fused-ring (bicyclic) bond motifs is 4. The fourth-order valence-electron chi connectivity index (χ4n) is 6.37. The van der Waals surface area contributed by atoms with Gasteiger partial charge < -0.3 is 28.4 Å². The summed E-state index contributed by atoms with van der Waals surface area (Å²) < 4.78 is 34.5. The van der Waals surface area contributed by atoms with Gasteiger partial charge in [0.25, 0.3) is 0 Å². The van der Waals surface area contributed by atoms with Gasteiger partial charge in [0.1, 0.15) is 34.5 Å². The summed E-state index contributed by atoms with van der Waals surface area (Å²) in [5, 5.41) is 0. The molecule has 0 aromatic heterocycles. The lowest BCUT2D eigenvalue weighted by Crippen LogP contribution is -2.22. The molecule has 8 nitrogen and oxygen atoms in total. The maximum Gasteiger partial charge on any atom is 0.201 e. The quantitative estimate of drug-likeness (QED) is 0.218. The molecule has 0 amide bonds.